The number of rotatable bonds is 4. The van der Waals surface area contributed by atoms with E-state index in [0.29, 0.717) is 10.9 Å². The van der Waals surface area contributed by atoms with Crippen LogP contribution in [0.15, 0.2) is 28.1 Å². The van der Waals surface area contributed by atoms with E-state index in [0.717, 1.165) is 16.3 Å². The van der Waals surface area contributed by atoms with Crippen molar-refractivity contribution in [2.75, 3.05) is 0 Å². The van der Waals surface area contributed by atoms with Gasteiger partial charge in [0.05, 0.1) is 15.5 Å². The summed E-state index contributed by atoms with van der Waals surface area (Å²) in [5, 5.41) is 3.01. The quantitative estimate of drug-likeness (QED) is 0.669. The summed E-state index contributed by atoms with van der Waals surface area (Å²) in [5.41, 5.74) is 4.68. The van der Waals surface area contributed by atoms with E-state index in [-0.39, 0.29) is 11.9 Å². The van der Waals surface area contributed by atoms with E-state index in [1.807, 2.05) is 12.3 Å². The molecule has 0 saturated carbocycles. The highest BCUT2D eigenvalue weighted by atomic mass is 79.9. The molecule has 0 spiro atoms. The van der Waals surface area contributed by atoms with Gasteiger partial charge in [0.1, 0.15) is 5.82 Å². The van der Waals surface area contributed by atoms with Gasteiger partial charge in [0.25, 0.3) is 0 Å². The maximum Gasteiger partial charge on any atom is 0.137 e. The van der Waals surface area contributed by atoms with Crippen LogP contribution in [0.2, 0.25) is 0 Å². The predicted octanol–water partition coefficient (Wildman–Crippen LogP) is 3.10. The maximum atomic E-state index is 13.2. The third-order valence-electron chi connectivity index (χ3n) is 2.59. The Bertz CT molecular complexity index is 544. The van der Waals surface area contributed by atoms with Crippen molar-refractivity contribution in [1.82, 2.24) is 10.4 Å². The number of hydrogen-bond donors (Lipinski definition) is 2. The van der Waals surface area contributed by atoms with Gasteiger partial charge in [-0.3, -0.25) is 11.3 Å². The highest BCUT2D eigenvalue weighted by molar-refractivity contribution is 9.10. The van der Waals surface area contributed by atoms with Crippen LogP contribution in [-0.4, -0.2) is 4.98 Å². The molecule has 1 aromatic heterocycles. The van der Waals surface area contributed by atoms with E-state index in [9.17, 15) is 4.39 Å². The van der Waals surface area contributed by atoms with E-state index in [1.165, 1.54) is 6.07 Å². The van der Waals surface area contributed by atoms with Crippen LogP contribution in [0.3, 0.4) is 0 Å². The zero-order valence-corrected chi connectivity index (χ0v) is 12.2. The lowest BCUT2D eigenvalue weighted by Crippen LogP contribution is -2.29. The fraction of sp³-hybridized carbons (Fsp3) is 0.250. The number of hydrazine groups is 1. The molecule has 0 amide bonds. The summed E-state index contributed by atoms with van der Waals surface area (Å²) >= 11 is 4.78. The van der Waals surface area contributed by atoms with E-state index >= 15 is 0 Å². The van der Waals surface area contributed by atoms with Crippen LogP contribution in [0.25, 0.3) is 0 Å². The number of nitrogens with zero attached hydrogens (tertiary/aromatic N) is 1. The number of halogens is 2. The second kappa shape index (κ2) is 5.88. The van der Waals surface area contributed by atoms with Crippen LogP contribution in [0.5, 0.6) is 0 Å². The molecule has 1 heterocycles. The number of thiazole rings is 1. The average molecular weight is 330 g/mol. The number of benzene rings is 1. The second-order valence-corrected chi connectivity index (χ2v) is 5.78. The first-order valence-corrected chi connectivity index (χ1v) is 7.09. The van der Waals surface area contributed by atoms with Crippen molar-refractivity contribution in [3.05, 3.63) is 50.1 Å². The Balaban J connectivity index is 2.19. The number of hydrogen-bond acceptors (Lipinski definition) is 4. The van der Waals surface area contributed by atoms with Crippen molar-refractivity contribution >= 4 is 27.3 Å². The summed E-state index contributed by atoms with van der Waals surface area (Å²) < 4.78 is 13.6. The third-order valence-corrected chi connectivity index (χ3v) is 4.19. The SMILES string of the molecule is Cc1csc(CC(NN)c2ccc(F)c(Br)c2)n1. The molecular formula is C12H13BrFN3S. The molecular weight excluding hydrogens is 317 g/mol. The van der Waals surface area contributed by atoms with Crippen molar-refractivity contribution in [2.24, 2.45) is 5.84 Å². The largest absolute Gasteiger partial charge is 0.271 e. The van der Waals surface area contributed by atoms with Crippen LogP contribution in [0.1, 0.15) is 22.3 Å². The Hall–Kier alpha value is -0.820. The smallest absolute Gasteiger partial charge is 0.137 e. The zero-order chi connectivity index (χ0) is 13.1. The molecule has 0 aliphatic heterocycles. The number of nitrogens with one attached hydrogen (secondary N) is 1. The molecule has 0 radical (unpaired) electrons. The topological polar surface area (TPSA) is 50.9 Å². The molecule has 3 N–H and O–H groups in total. The molecule has 1 atom stereocenters. The Morgan fingerprint density at radius 1 is 1.56 bits per heavy atom. The Labute approximate surface area is 117 Å². The van der Waals surface area contributed by atoms with E-state index < -0.39 is 0 Å². The Morgan fingerprint density at radius 2 is 2.33 bits per heavy atom. The minimum atomic E-state index is -0.278. The number of nitrogens with two attached hydrogens (primary N) is 1. The Kier molecular flexibility index (Phi) is 4.45. The number of aryl methyl sites for hydroxylation is 1. The first-order valence-electron chi connectivity index (χ1n) is 5.42. The fourth-order valence-electron chi connectivity index (χ4n) is 1.67. The summed E-state index contributed by atoms with van der Waals surface area (Å²) in [4.78, 5) is 4.40. The van der Waals surface area contributed by atoms with Crippen molar-refractivity contribution in [3.63, 3.8) is 0 Å². The normalized spacial score (nSPS) is 12.7. The molecule has 1 unspecified atom stereocenters. The molecule has 0 aliphatic rings. The molecule has 0 aliphatic carbocycles. The molecule has 0 bridgehead atoms. The van der Waals surface area contributed by atoms with Crippen molar-refractivity contribution in [2.45, 2.75) is 19.4 Å². The lowest BCUT2D eigenvalue weighted by Gasteiger charge is -2.15. The maximum absolute atomic E-state index is 13.2. The standard InChI is InChI=1S/C12H13BrFN3S/c1-7-6-18-12(16-7)5-11(17-15)8-2-3-10(14)9(13)4-8/h2-4,6,11,17H,5,15H2,1H3. The molecule has 18 heavy (non-hydrogen) atoms. The van der Waals surface area contributed by atoms with E-state index in [1.54, 1.807) is 23.5 Å². The molecule has 2 aromatic rings. The number of aromatic nitrogens is 1. The average Bonchev–Trinajstić information content (AvgIpc) is 2.75. The van der Waals surface area contributed by atoms with Gasteiger partial charge in [-0.1, -0.05) is 6.07 Å². The lowest BCUT2D eigenvalue weighted by atomic mass is 10.0. The van der Waals surface area contributed by atoms with Crippen LogP contribution < -0.4 is 11.3 Å². The van der Waals surface area contributed by atoms with Gasteiger partial charge in [-0.15, -0.1) is 11.3 Å². The molecule has 2 rings (SSSR count). The predicted molar refractivity (Wildman–Crippen MR) is 74.7 cm³/mol. The van der Waals surface area contributed by atoms with Crippen LogP contribution in [0, 0.1) is 12.7 Å². The zero-order valence-electron chi connectivity index (χ0n) is 9.78. The van der Waals surface area contributed by atoms with Gasteiger partial charge in [-0.25, -0.2) is 9.37 Å². The minimum Gasteiger partial charge on any atom is -0.271 e. The molecule has 0 saturated heterocycles. The van der Waals surface area contributed by atoms with Crippen LogP contribution >= 0.6 is 27.3 Å². The van der Waals surface area contributed by atoms with Crippen molar-refractivity contribution < 1.29 is 4.39 Å². The van der Waals surface area contributed by atoms with Gasteiger partial charge in [-0.05, 0) is 40.5 Å². The highest BCUT2D eigenvalue weighted by Gasteiger charge is 2.14. The molecule has 3 nitrogen and oxygen atoms in total. The van der Waals surface area contributed by atoms with Gasteiger partial charge < -0.3 is 0 Å². The van der Waals surface area contributed by atoms with Crippen molar-refractivity contribution in [3.8, 4) is 0 Å². The van der Waals surface area contributed by atoms with E-state index in [4.69, 9.17) is 5.84 Å². The van der Waals surface area contributed by atoms with Gasteiger partial charge in [0.15, 0.2) is 0 Å². The summed E-state index contributed by atoms with van der Waals surface area (Å²) in [5.74, 6) is 5.29. The van der Waals surface area contributed by atoms with Crippen molar-refractivity contribution in [1.29, 1.82) is 0 Å². The fourth-order valence-corrected chi connectivity index (χ4v) is 2.89. The summed E-state index contributed by atoms with van der Waals surface area (Å²) in [7, 11) is 0. The van der Waals surface area contributed by atoms with Gasteiger partial charge in [0, 0.05) is 17.5 Å². The van der Waals surface area contributed by atoms with Gasteiger partial charge in [0.2, 0.25) is 0 Å². The highest BCUT2D eigenvalue weighted by Crippen LogP contribution is 2.24. The molecule has 6 heteroatoms. The van der Waals surface area contributed by atoms with Gasteiger partial charge in [-0.2, -0.15) is 0 Å². The summed E-state index contributed by atoms with van der Waals surface area (Å²) in [6.07, 6.45) is 0.688. The van der Waals surface area contributed by atoms with Crippen LogP contribution in [0.4, 0.5) is 4.39 Å². The molecule has 1 aromatic carbocycles. The summed E-state index contributed by atoms with van der Waals surface area (Å²) in [6.45, 7) is 1.96. The second-order valence-electron chi connectivity index (χ2n) is 3.98. The molecule has 96 valence electrons. The monoisotopic (exact) mass is 329 g/mol. The van der Waals surface area contributed by atoms with Crippen LogP contribution in [-0.2, 0) is 6.42 Å². The minimum absolute atomic E-state index is 0.0764. The molecule has 0 fully saturated rings. The summed E-state index contributed by atoms with van der Waals surface area (Å²) in [6, 6.07) is 4.81. The first-order chi connectivity index (χ1) is 8.60. The third kappa shape index (κ3) is 3.14. The van der Waals surface area contributed by atoms with E-state index in [2.05, 4.69) is 26.3 Å². The lowest BCUT2D eigenvalue weighted by molar-refractivity contribution is 0.547. The first kappa shape index (κ1) is 13.6. The Morgan fingerprint density at radius 3 is 2.89 bits per heavy atom. The van der Waals surface area contributed by atoms with Gasteiger partial charge >= 0.3 is 0 Å².